The van der Waals surface area contributed by atoms with E-state index in [1.54, 1.807) is 12.4 Å². The van der Waals surface area contributed by atoms with Crippen molar-refractivity contribution in [3.8, 4) is 11.4 Å². The van der Waals surface area contributed by atoms with E-state index in [0.717, 1.165) is 34.8 Å². The van der Waals surface area contributed by atoms with Gasteiger partial charge in [0, 0.05) is 59.9 Å². The fraction of sp³-hybridized carbons (Fsp3) is 0.154. The summed E-state index contributed by atoms with van der Waals surface area (Å²) in [4.78, 5) is 20.0. The van der Waals surface area contributed by atoms with Crippen LogP contribution >= 0.6 is 0 Å². The molecule has 3 aromatic heterocycles. The fourth-order valence-corrected chi connectivity index (χ4v) is 3.97. The number of fused-ring (bicyclic) bond motifs is 1. The number of H-pyrrole nitrogens is 1. The Morgan fingerprint density at radius 2 is 1.88 bits per heavy atom. The summed E-state index contributed by atoms with van der Waals surface area (Å²) in [6.07, 6.45) is 6.24. The van der Waals surface area contributed by atoms with Gasteiger partial charge in [0.05, 0.1) is 6.54 Å². The van der Waals surface area contributed by atoms with E-state index < -0.39 is 0 Å². The maximum absolute atomic E-state index is 12.7. The van der Waals surface area contributed by atoms with E-state index >= 15 is 0 Å². The molecule has 0 atom stereocenters. The number of aromatic nitrogens is 5. The molecule has 0 aliphatic carbocycles. The number of pyridine rings is 1. The van der Waals surface area contributed by atoms with E-state index in [1.165, 1.54) is 10.9 Å². The molecule has 0 saturated heterocycles. The minimum atomic E-state index is -0.0953. The minimum absolute atomic E-state index is 0.0953. The van der Waals surface area contributed by atoms with Crippen molar-refractivity contribution in [3.05, 3.63) is 96.2 Å². The zero-order valence-electron chi connectivity index (χ0n) is 18.8. The lowest BCUT2D eigenvalue weighted by Gasteiger charge is -2.09. The fourth-order valence-electron chi connectivity index (χ4n) is 3.97. The molecular weight excluding hydrogens is 426 g/mol. The Kier molecular flexibility index (Phi) is 6.03. The van der Waals surface area contributed by atoms with E-state index in [9.17, 15) is 4.79 Å². The van der Waals surface area contributed by atoms with Crippen LogP contribution in [0.4, 0.5) is 5.69 Å². The molecule has 8 nitrogen and oxygen atoms in total. The van der Waals surface area contributed by atoms with Gasteiger partial charge in [0.15, 0.2) is 11.6 Å². The number of rotatable bonds is 8. The second-order valence-corrected chi connectivity index (χ2v) is 8.03. The molecule has 170 valence electrons. The second kappa shape index (κ2) is 9.58. The van der Waals surface area contributed by atoms with Gasteiger partial charge in [-0.3, -0.25) is 9.78 Å². The van der Waals surface area contributed by atoms with Crippen molar-refractivity contribution in [2.24, 2.45) is 7.05 Å². The first-order valence-electron chi connectivity index (χ1n) is 11.1. The Bertz CT molecular complexity index is 1420. The van der Waals surface area contributed by atoms with Crippen LogP contribution in [0.25, 0.3) is 22.3 Å². The Labute approximate surface area is 197 Å². The molecular formula is C26H25N7O. The van der Waals surface area contributed by atoms with Crippen LogP contribution in [0.15, 0.2) is 79.3 Å². The monoisotopic (exact) mass is 451 g/mol. The van der Waals surface area contributed by atoms with Gasteiger partial charge in [-0.05, 0) is 48.4 Å². The predicted molar refractivity (Wildman–Crippen MR) is 132 cm³/mol. The first kappa shape index (κ1) is 21.4. The summed E-state index contributed by atoms with van der Waals surface area (Å²) in [5, 5.41) is 16.2. The van der Waals surface area contributed by atoms with E-state index in [-0.39, 0.29) is 5.91 Å². The van der Waals surface area contributed by atoms with Gasteiger partial charge in [-0.25, -0.2) is 0 Å². The molecule has 2 aromatic carbocycles. The molecule has 0 unspecified atom stereocenters. The van der Waals surface area contributed by atoms with Crippen molar-refractivity contribution >= 4 is 22.5 Å². The number of nitrogens with zero attached hydrogens (tertiary/aromatic N) is 4. The zero-order valence-corrected chi connectivity index (χ0v) is 18.8. The molecule has 0 radical (unpaired) electrons. The largest absolute Gasteiger partial charge is 0.378 e. The topological polar surface area (TPSA) is 101 Å². The number of amides is 1. The first-order chi connectivity index (χ1) is 16.7. The number of benzene rings is 2. The van der Waals surface area contributed by atoms with Crippen LogP contribution in [0.1, 0.15) is 21.7 Å². The highest BCUT2D eigenvalue weighted by Crippen LogP contribution is 2.19. The average Bonchev–Trinajstić information content (AvgIpc) is 3.46. The molecule has 0 fully saturated rings. The maximum Gasteiger partial charge on any atom is 0.251 e. The van der Waals surface area contributed by atoms with Crippen LogP contribution < -0.4 is 10.6 Å². The average molecular weight is 452 g/mol. The van der Waals surface area contributed by atoms with Crippen LogP contribution in [0.5, 0.6) is 0 Å². The lowest BCUT2D eigenvalue weighted by molar-refractivity contribution is 0.0954. The van der Waals surface area contributed by atoms with Gasteiger partial charge in [0.2, 0.25) is 0 Å². The van der Waals surface area contributed by atoms with E-state index in [2.05, 4.69) is 42.9 Å². The summed E-state index contributed by atoms with van der Waals surface area (Å²) in [6, 6.07) is 19.5. The van der Waals surface area contributed by atoms with Crippen LogP contribution in [-0.4, -0.2) is 37.2 Å². The molecule has 3 heterocycles. The number of nitrogens with one attached hydrogen (secondary N) is 3. The number of anilines is 1. The van der Waals surface area contributed by atoms with E-state index in [1.807, 2.05) is 66.3 Å². The standard InChI is InChI=1S/C26H25N7O/c1-33-24(31-32-25(33)18-9-12-27-13-10-18)17-29-21-6-4-5-19(15-21)26(34)28-14-11-20-16-30-23-8-3-2-7-22(20)23/h2-10,12-13,15-16,29-30H,11,14,17H2,1H3,(H,28,34). The highest BCUT2D eigenvalue weighted by molar-refractivity contribution is 5.95. The van der Waals surface area contributed by atoms with Crippen molar-refractivity contribution in [1.29, 1.82) is 0 Å². The van der Waals surface area contributed by atoms with Crippen molar-refractivity contribution in [2.75, 3.05) is 11.9 Å². The van der Waals surface area contributed by atoms with Gasteiger partial charge in [-0.15, -0.1) is 10.2 Å². The Morgan fingerprint density at radius 1 is 1.03 bits per heavy atom. The first-order valence-corrected chi connectivity index (χ1v) is 11.1. The third-order valence-electron chi connectivity index (χ3n) is 5.83. The number of para-hydroxylation sites is 1. The molecule has 0 aliphatic rings. The molecule has 0 bridgehead atoms. The Hall–Kier alpha value is -4.46. The Balaban J connectivity index is 1.18. The third-order valence-corrected chi connectivity index (χ3v) is 5.83. The number of hydrogen-bond donors (Lipinski definition) is 3. The van der Waals surface area contributed by atoms with Gasteiger partial charge >= 0.3 is 0 Å². The normalized spacial score (nSPS) is 11.0. The van der Waals surface area contributed by atoms with E-state index in [0.29, 0.717) is 18.7 Å². The van der Waals surface area contributed by atoms with Gasteiger partial charge < -0.3 is 20.2 Å². The van der Waals surface area contributed by atoms with Gasteiger partial charge in [-0.2, -0.15) is 0 Å². The van der Waals surface area contributed by atoms with Gasteiger partial charge in [0.25, 0.3) is 5.91 Å². The summed E-state index contributed by atoms with van der Waals surface area (Å²) >= 11 is 0. The summed E-state index contributed by atoms with van der Waals surface area (Å²) < 4.78 is 1.95. The number of carbonyl (C=O) groups excluding carboxylic acids is 1. The molecule has 3 N–H and O–H groups in total. The van der Waals surface area contributed by atoms with Crippen LogP contribution in [0.2, 0.25) is 0 Å². The van der Waals surface area contributed by atoms with Crippen molar-refractivity contribution in [3.63, 3.8) is 0 Å². The quantitative estimate of drug-likeness (QED) is 0.332. The number of aromatic amines is 1. The molecule has 8 heteroatoms. The van der Waals surface area contributed by atoms with Gasteiger partial charge in [0.1, 0.15) is 0 Å². The number of hydrogen-bond acceptors (Lipinski definition) is 5. The van der Waals surface area contributed by atoms with Crippen molar-refractivity contribution in [2.45, 2.75) is 13.0 Å². The zero-order chi connectivity index (χ0) is 23.3. The maximum atomic E-state index is 12.7. The smallest absolute Gasteiger partial charge is 0.251 e. The van der Waals surface area contributed by atoms with Crippen LogP contribution in [-0.2, 0) is 20.0 Å². The lowest BCUT2D eigenvalue weighted by atomic mass is 10.1. The molecule has 1 amide bonds. The van der Waals surface area contributed by atoms with Crippen LogP contribution in [0.3, 0.4) is 0 Å². The molecule has 0 saturated carbocycles. The molecule has 0 spiro atoms. The summed E-state index contributed by atoms with van der Waals surface area (Å²) in [5.74, 6) is 1.48. The predicted octanol–water partition coefficient (Wildman–Crippen LogP) is 3.94. The highest BCUT2D eigenvalue weighted by Gasteiger charge is 2.11. The lowest BCUT2D eigenvalue weighted by Crippen LogP contribution is -2.25. The van der Waals surface area contributed by atoms with Crippen molar-refractivity contribution < 1.29 is 4.79 Å². The molecule has 34 heavy (non-hydrogen) atoms. The molecule has 0 aliphatic heterocycles. The second-order valence-electron chi connectivity index (χ2n) is 8.03. The Morgan fingerprint density at radius 3 is 2.76 bits per heavy atom. The molecule has 5 rings (SSSR count). The van der Waals surface area contributed by atoms with Gasteiger partial charge in [-0.1, -0.05) is 24.3 Å². The SMILES string of the molecule is Cn1c(CNc2cccc(C(=O)NCCc3c[nH]c4ccccc34)c2)nnc1-c1ccncc1. The summed E-state index contributed by atoms with van der Waals surface area (Å²) in [5.41, 5.74) is 4.72. The van der Waals surface area contributed by atoms with E-state index in [4.69, 9.17) is 0 Å². The van der Waals surface area contributed by atoms with Crippen LogP contribution in [0, 0.1) is 0 Å². The summed E-state index contributed by atoms with van der Waals surface area (Å²) in [6.45, 7) is 1.05. The number of carbonyl (C=O) groups is 1. The third kappa shape index (κ3) is 4.52. The molecule has 5 aromatic rings. The van der Waals surface area contributed by atoms with Crippen molar-refractivity contribution in [1.82, 2.24) is 30.0 Å². The minimum Gasteiger partial charge on any atom is -0.378 e. The summed E-state index contributed by atoms with van der Waals surface area (Å²) in [7, 11) is 1.93. The highest BCUT2D eigenvalue weighted by atomic mass is 16.1.